The Morgan fingerprint density at radius 2 is 1.93 bits per heavy atom. The number of nitrogens with zero attached hydrogens (tertiary/aromatic N) is 1. The molecule has 1 heterocycles. The molecule has 0 aromatic heterocycles. The molecule has 1 fully saturated rings. The fourth-order valence-corrected chi connectivity index (χ4v) is 4.54. The molecular weight excluding hydrogens is 376 g/mol. The van der Waals surface area contributed by atoms with Crippen LogP contribution in [0.1, 0.15) is 43.9 Å². The van der Waals surface area contributed by atoms with Gasteiger partial charge in [-0.25, -0.2) is 13.1 Å². The van der Waals surface area contributed by atoms with Crippen molar-refractivity contribution in [3.8, 4) is 0 Å². The molecule has 28 heavy (non-hydrogen) atoms. The normalized spacial score (nSPS) is 21.4. The molecule has 1 aromatic rings. The predicted molar refractivity (Wildman–Crippen MR) is 114 cm³/mol. The van der Waals surface area contributed by atoms with Crippen LogP contribution in [-0.4, -0.2) is 52.9 Å². The number of ether oxygens (including phenoxy) is 1. The Bertz CT molecular complexity index is 760. The first-order valence-electron chi connectivity index (χ1n) is 9.71. The van der Waals surface area contributed by atoms with Crippen molar-refractivity contribution < 1.29 is 13.2 Å². The molecule has 0 saturated carbocycles. The lowest BCUT2D eigenvalue weighted by Gasteiger charge is -2.33. The largest absolute Gasteiger partial charge is 0.373 e. The quantitative estimate of drug-likeness (QED) is 0.472. The molecule has 0 aliphatic carbocycles. The van der Waals surface area contributed by atoms with Crippen molar-refractivity contribution in [2.45, 2.75) is 45.3 Å². The smallest absolute Gasteiger partial charge is 0.209 e. The minimum Gasteiger partial charge on any atom is -0.373 e. The SMILES string of the molecule is CN=C(NCC1CCCOC1c1ccc(C)cc1)NCC(C)(C)NS(C)(=O)=O. The van der Waals surface area contributed by atoms with Crippen LogP contribution in [0.5, 0.6) is 0 Å². The van der Waals surface area contributed by atoms with Gasteiger partial charge in [0.05, 0.1) is 12.4 Å². The fourth-order valence-electron chi connectivity index (χ4n) is 3.47. The third-order valence-electron chi connectivity index (χ3n) is 4.77. The van der Waals surface area contributed by atoms with Crippen molar-refractivity contribution in [1.29, 1.82) is 0 Å². The fraction of sp³-hybridized carbons (Fsp3) is 0.650. The van der Waals surface area contributed by atoms with Crippen LogP contribution in [0.15, 0.2) is 29.3 Å². The lowest BCUT2D eigenvalue weighted by atomic mass is 9.89. The van der Waals surface area contributed by atoms with Gasteiger partial charge in [0.2, 0.25) is 10.0 Å². The maximum atomic E-state index is 11.5. The van der Waals surface area contributed by atoms with Crippen LogP contribution >= 0.6 is 0 Å². The Morgan fingerprint density at radius 1 is 1.25 bits per heavy atom. The highest BCUT2D eigenvalue weighted by molar-refractivity contribution is 7.88. The summed E-state index contributed by atoms with van der Waals surface area (Å²) in [5.74, 6) is 0.994. The zero-order valence-corrected chi connectivity index (χ0v) is 18.4. The second-order valence-corrected chi connectivity index (χ2v) is 9.92. The van der Waals surface area contributed by atoms with E-state index in [1.54, 1.807) is 7.05 Å². The molecule has 1 aliphatic heterocycles. The summed E-state index contributed by atoms with van der Waals surface area (Å²) >= 11 is 0. The van der Waals surface area contributed by atoms with E-state index in [0.717, 1.165) is 32.2 Å². The first-order valence-corrected chi connectivity index (χ1v) is 11.6. The van der Waals surface area contributed by atoms with E-state index in [2.05, 4.69) is 51.5 Å². The van der Waals surface area contributed by atoms with Crippen LogP contribution in [0.2, 0.25) is 0 Å². The molecule has 0 bridgehead atoms. The Kier molecular flexibility index (Phi) is 7.86. The molecule has 1 aromatic carbocycles. The molecule has 1 aliphatic rings. The summed E-state index contributed by atoms with van der Waals surface area (Å²) in [6.07, 6.45) is 3.37. The zero-order chi connectivity index (χ0) is 20.8. The predicted octanol–water partition coefficient (Wildman–Crippen LogP) is 1.96. The van der Waals surface area contributed by atoms with Crippen LogP contribution in [0.4, 0.5) is 0 Å². The number of guanidine groups is 1. The third-order valence-corrected chi connectivity index (χ3v) is 5.69. The first kappa shape index (κ1) is 22.6. The summed E-state index contributed by atoms with van der Waals surface area (Å²) in [7, 11) is -1.56. The zero-order valence-electron chi connectivity index (χ0n) is 17.6. The summed E-state index contributed by atoms with van der Waals surface area (Å²) in [4.78, 5) is 4.26. The van der Waals surface area contributed by atoms with Gasteiger partial charge in [0.25, 0.3) is 0 Å². The van der Waals surface area contributed by atoms with Gasteiger partial charge in [0.1, 0.15) is 0 Å². The number of hydrogen-bond acceptors (Lipinski definition) is 4. The average Bonchev–Trinajstić information content (AvgIpc) is 2.61. The van der Waals surface area contributed by atoms with Crippen molar-refractivity contribution in [2.24, 2.45) is 10.9 Å². The highest BCUT2D eigenvalue weighted by Crippen LogP contribution is 2.33. The Balaban J connectivity index is 1.93. The molecular formula is C20H34N4O3S. The van der Waals surface area contributed by atoms with E-state index < -0.39 is 15.6 Å². The molecule has 2 atom stereocenters. The maximum absolute atomic E-state index is 11.5. The third kappa shape index (κ3) is 7.41. The number of aliphatic imine (C=N–C) groups is 1. The highest BCUT2D eigenvalue weighted by Gasteiger charge is 2.28. The van der Waals surface area contributed by atoms with Gasteiger partial charge >= 0.3 is 0 Å². The Morgan fingerprint density at radius 3 is 2.54 bits per heavy atom. The molecule has 1 saturated heterocycles. The second-order valence-electron chi connectivity index (χ2n) is 8.17. The van der Waals surface area contributed by atoms with E-state index in [0.29, 0.717) is 18.4 Å². The van der Waals surface area contributed by atoms with Crippen molar-refractivity contribution in [2.75, 3.05) is 33.0 Å². The van der Waals surface area contributed by atoms with Gasteiger partial charge in [0, 0.05) is 38.2 Å². The van der Waals surface area contributed by atoms with Crippen LogP contribution in [-0.2, 0) is 14.8 Å². The lowest BCUT2D eigenvalue weighted by Crippen LogP contribution is -2.53. The Labute approximate surface area is 169 Å². The molecule has 3 N–H and O–H groups in total. The van der Waals surface area contributed by atoms with E-state index in [1.165, 1.54) is 11.1 Å². The molecule has 0 radical (unpaired) electrons. The second kappa shape index (κ2) is 9.71. The molecule has 2 rings (SSSR count). The molecule has 8 heteroatoms. The molecule has 0 spiro atoms. The summed E-state index contributed by atoms with van der Waals surface area (Å²) in [6, 6.07) is 8.53. The maximum Gasteiger partial charge on any atom is 0.209 e. The molecule has 2 unspecified atom stereocenters. The van der Waals surface area contributed by atoms with Crippen molar-refractivity contribution in [3.63, 3.8) is 0 Å². The van der Waals surface area contributed by atoms with E-state index in [4.69, 9.17) is 4.74 Å². The monoisotopic (exact) mass is 410 g/mol. The van der Waals surface area contributed by atoms with Gasteiger partial charge in [0.15, 0.2) is 5.96 Å². The van der Waals surface area contributed by atoms with E-state index in [1.807, 2.05) is 13.8 Å². The summed E-state index contributed by atoms with van der Waals surface area (Å²) in [5, 5.41) is 6.57. The van der Waals surface area contributed by atoms with Crippen LogP contribution < -0.4 is 15.4 Å². The lowest BCUT2D eigenvalue weighted by molar-refractivity contribution is -0.0265. The summed E-state index contributed by atoms with van der Waals surface area (Å²) < 4.78 is 31.7. The van der Waals surface area contributed by atoms with Crippen LogP contribution in [0.3, 0.4) is 0 Å². The summed E-state index contributed by atoms with van der Waals surface area (Å²) in [5.41, 5.74) is 1.83. The topological polar surface area (TPSA) is 91.8 Å². The average molecular weight is 411 g/mol. The molecule has 7 nitrogen and oxygen atoms in total. The van der Waals surface area contributed by atoms with Crippen LogP contribution in [0, 0.1) is 12.8 Å². The minimum atomic E-state index is -3.27. The summed E-state index contributed by atoms with van der Waals surface area (Å²) in [6.45, 7) is 7.68. The molecule has 158 valence electrons. The van der Waals surface area contributed by atoms with Crippen LogP contribution in [0.25, 0.3) is 0 Å². The van der Waals surface area contributed by atoms with Gasteiger partial charge in [-0.3, -0.25) is 4.99 Å². The standard InChI is InChI=1S/C20H34N4O3S/c1-15-8-10-16(11-9-15)18-17(7-6-12-27-18)13-22-19(21-4)23-14-20(2,3)24-28(5,25)26/h8-11,17-18,24H,6-7,12-14H2,1-5H3,(H2,21,22,23). The number of rotatable bonds is 7. The highest BCUT2D eigenvalue weighted by atomic mass is 32.2. The number of aryl methyl sites for hydroxylation is 1. The minimum absolute atomic E-state index is 0.0725. The Hall–Kier alpha value is -1.64. The van der Waals surface area contributed by atoms with E-state index in [9.17, 15) is 8.42 Å². The van der Waals surface area contributed by atoms with Gasteiger partial charge in [-0.2, -0.15) is 0 Å². The van der Waals surface area contributed by atoms with Gasteiger partial charge in [-0.05, 0) is 39.2 Å². The molecule has 0 amide bonds. The van der Waals surface area contributed by atoms with Crippen molar-refractivity contribution in [3.05, 3.63) is 35.4 Å². The number of nitrogens with one attached hydrogen (secondary N) is 3. The first-order chi connectivity index (χ1) is 13.1. The van der Waals surface area contributed by atoms with Crippen molar-refractivity contribution in [1.82, 2.24) is 15.4 Å². The number of benzene rings is 1. The van der Waals surface area contributed by atoms with Gasteiger partial charge in [-0.1, -0.05) is 29.8 Å². The van der Waals surface area contributed by atoms with Gasteiger partial charge in [-0.15, -0.1) is 0 Å². The number of sulfonamides is 1. The van der Waals surface area contributed by atoms with Crippen molar-refractivity contribution >= 4 is 16.0 Å². The van der Waals surface area contributed by atoms with E-state index >= 15 is 0 Å². The van der Waals surface area contributed by atoms with Gasteiger partial charge < -0.3 is 15.4 Å². The van der Waals surface area contributed by atoms with E-state index in [-0.39, 0.29) is 6.10 Å². The number of hydrogen-bond donors (Lipinski definition) is 3.